The Bertz CT molecular complexity index is 1020. The molecular weight excluding hydrogens is 352 g/mol. The number of piperidine rings is 1. The molecule has 2 heterocycles. The van der Waals surface area contributed by atoms with Crippen LogP contribution in [0.15, 0.2) is 60.8 Å². The summed E-state index contributed by atoms with van der Waals surface area (Å²) >= 11 is 0. The number of aliphatic carboxylic acids is 1. The van der Waals surface area contributed by atoms with E-state index in [2.05, 4.69) is 11.1 Å². The van der Waals surface area contributed by atoms with Crippen molar-refractivity contribution < 1.29 is 14.7 Å². The molecule has 1 saturated heterocycles. The zero-order valence-electron chi connectivity index (χ0n) is 15.5. The number of carboxylic acid groups (broad SMARTS) is 1. The predicted molar refractivity (Wildman–Crippen MR) is 107 cm³/mol. The number of carboxylic acids is 1. The highest BCUT2D eigenvalue weighted by Crippen LogP contribution is 2.30. The average Bonchev–Trinajstić information content (AvgIpc) is 2.73. The molecule has 1 aromatic heterocycles. The predicted octanol–water partition coefficient (Wildman–Crippen LogP) is 3.88. The third-order valence-corrected chi connectivity index (χ3v) is 5.44. The molecule has 1 aliphatic heterocycles. The van der Waals surface area contributed by atoms with E-state index in [-0.39, 0.29) is 12.3 Å². The monoisotopic (exact) mass is 374 g/mol. The number of aromatic nitrogens is 1. The number of nitrogens with zero attached hydrogens (tertiary/aromatic N) is 2. The molecule has 142 valence electrons. The largest absolute Gasteiger partial charge is 0.481 e. The summed E-state index contributed by atoms with van der Waals surface area (Å²) in [5, 5.41) is 9.89. The summed E-state index contributed by atoms with van der Waals surface area (Å²) in [5.41, 5.74) is 3.53. The van der Waals surface area contributed by atoms with Gasteiger partial charge in [-0.3, -0.25) is 14.6 Å². The van der Waals surface area contributed by atoms with E-state index < -0.39 is 5.97 Å². The fourth-order valence-corrected chi connectivity index (χ4v) is 4.00. The molecule has 1 aliphatic rings. The third-order valence-electron chi connectivity index (χ3n) is 5.44. The Morgan fingerprint density at radius 1 is 1.04 bits per heavy atom. The van der Waals surface area contributed by atoms with Crippen LogP contribution in [-0.2, 0) is 11.2 Å². The molecule has 0 radical (unpaired) electrons. The van der Waals surface area contributed by atoms with Crippen molar-refractivity contribution in [3.63, 3.8) is 0 Å². The number of para-hydroxylation sites is 1. The lowest BCUT2D eigenvalue weighted by Gasteiger charge is -2.32. The molecule has 5 heteroatoms. The fourth-order valence-electron chi connectivity index (χ4n) is 4.00. The summed E-state index contributed by atoms with van der Waals surface area (Å²) < 4.78 is 0. The number of rotatable bonds is 4. The molecular formula is C23H22N2O3. The Morgan fingerprint density at radius 3 is 2.61 bits per heavy atom. The van der Waals surface area contributed by atoms with Crippen LogP contribution in [0.2, 0.25) is 0 Å². The van der Waals surface area contributed by atoms with Gasteiger partial charge in [-0.15, -0.1) is 0 Å². The number of amides is 1. The summed E-state index contributed by atoms with van der Waals surface area (Å²) in [5.74, 6) is -0.411. The average molecular weight is 374 g/mol. The maximum atomic E-state index is 13.1. The molecule has 5 nitrogen and oxygen atoms in total. The molecule has 0 aliphatic carbocycles. The lowest BCUT2D eigenvalue weighted by Crippen LogP contribution is -2.38. The summed E-state index contributed by atoms with van der Waals surface area (Å²) in [4.78, 5) is 30.3. The lowest BCUT2D eigenvalue weighted by atomic mass is 9.88. The summed E-state index contributed by atoms with van der Waals surface area (Å²) in [6, 6.07) is 17.3. The van der Waals surface area contributed by atoms with Gasteiger partial charge in [-0.2, -0.15) is 0 Å². The Kier molecular flexibility index (Phi) is 5.06. The van der Waals surface area contributed by atoms with Gasteiger partial charge < -0.3 is 10.0 Å². The van der Waals surface area contributed by atoms with Gasteiger partial charge >= 0.3 is 5.97 Å². The van der Waals surface area contributed by atoms with E-state index in [1.165, 1.54) is 5.56 Å². The Morgan fingerprint density at radius 2 is 1.82 bits per heavy atom. The van der Waals surface area contributed by atoms with Gasteiger partial charge in [0.1, 0.15) is 0 Å². The van der Waals surface area contributed by atoms with E-state index in [1.807, 2.05) is 47.4 Å². The quantitative estimate of drug-likeness (QED) is 0.752. The van der Waals surface area contributed by atoms with Crippen LogP contribution < -0.4 is 0 Å². The highest BCUT2D eigenvalue weighted by atomic mass is 16.4. The van der Waals surface area contributed by atoms with E-state index >= 15 is 0 Å². The van der Waals surface area contributed by atoms with Gasteiger partial charge in [0.05, 0.1) is 17.5 Å². The van der Waals surface area contributed by atoms with E-state index in [0.29, 0.717) is 24.6 Å². The molecule has 1 fully saturated rings. The number of hydrogen-bond acceptors (Lipinski definition) is 3. The molecule has 1 amide bonds. The van der Waals surface area contributed by atoms with E-state index in [4.69, 9.17) is 5.11 Å². The van der Waals surface area contributed by atoms with Gasteiger partial charge in [0.2, 0.25) is 0 Å². The van der Waals surface area contributed by atoms with Gasteiger partial charge in [0.25, 0.3) is 5.91 Å². The molecule has 0 atom stereocenters. The Hall–Kier alpha value is -3.21. The number of fused-ring (bicyclic) bond motifs is 1. The van der Waals surface area contributed by atoms with E-state index in [9.17, 15) is 9.59 Å². The molecule has 2 aromatic carbocycles. The lowest BCUT2D eigenvalue weighted by molar-refractivity contribution is -0.136. The van der Waals surface area contributed by atoms with Crippen LogP contribution in [0.4, 0.5) is 0 Å². The van der Waals surface area contributed by atoms with Crippen molar-refractivity contribution in [1.82, 2.24) is 9.88 Å². The maximum absolute atomic E-state index is 13.1. The van der Waals surface area contributed by atoms with Crippen molar-refractivity contribution >= 4 is 22.8 Å². The van der Waals surface area contributed by atoms with E-state index in [0.717, 1.165) is 29.3 Å². The molecule has 0 spiro atoms. The minimum absolute atomic E-state index is 0.0420. The smallest absolute Gasteiger partial charge is 0.307 e. The maximum Gasteiger partial charge on any atom is 0.307 e. The fraction of sp³-hybridized carbons (Fsp3) is 0.261. The molecule has 3 aromatic rings. The topological polar surface area (TPSA) is 70.5 Å². The van der Waals surface area contributed by atoms with Gasteiger partial charge in [-0.25, -0.2) is 0 Å². The number of likely N-dealkylation sites (tertiary alicyclic amines) is 1. The van der Waals surface area contributed by atoms with Crippen LogP contribution in [0.25, 0.3) is 10.9 Å². The normalized spacial score (nSPS) is 14.9. The summed E-state index contributed by atoms with van der Waals surface area (Å²) in [6.07, 6.45) is 3.49. The van der Waals surface area contributed by atoms with Crippen molar-refractivity contribution in [1.29, 1.82) is 0 Å². The van der Waals surface area contributed by atoms with Gasteiger partial charge in [-0.05, 0) is 42.0 Å². The molecule has 1 N–H and O–H groups in total. The number of hydrogen-bond donors (Lipinski definition) is 1. The molecule has 0 unspecified atom stereocenters. The zero-order chi connectivity index (χ0) is 19.5. The first-order valence-corrected chi connectivity index (χ1v) is 9.55. The summed E-state index contributed by atoms with van der Waals surface area (Å²) in [7, 11) is 0. The Labute approximate surface area is 163 Å². The van der Waals surface area contributed by atoms with Gasteiger partial charge in [0.15, 0.2) is 0 Å². The van der Waals surface area contributed by atoms with Crippen LogP contribution in [-0.4, -0.2) is 40.0 Å². The zero-order valence-corrected chi connectivity index (χ0v) is 15.5. The number of pyridine rings is 1. The van der Waals surface area contributed by atoms with Crippen molar-refractivity contribution in [2.75, 3.05) is 13.1 Å². The number of carbonyl (C=O) groups excluding carboxylic acids is 1. The molecule has 0 saturated carbocycles. The minimum Gasteiger partial charge on any atom is -0.481 e. The van der Waals surface area contributed by atoms with Crippen molar-refractivity contribution in [3.8, 4) is 0 Å². The van der Waals surface area contributed by atoms with Crippen LogP contribution in [0.5, 0.6) is 0 Å². The van der Waals surface area contributed by atoms with Crippen LogP contribution >= 0.6 is 0 Å². The van der Waals surface area contributed by atoms with Crippen LogP contribution in [0.3, 0.4) is 0 Å². The SMILES string of the molecule is O=C(O)Cc1cccc(C2CCN(C(=O)c3ccnc4ccccc34)CC2)c1. The first-order valence-electron chi connectivity index (χ1n) is 9.55. The molecule has 4 rings (SSSR count). The second kappa shape index (κ2) is 7.80. The minimum atomic E-state index is -0.817. The Balaban J connectivity index is 1.47. The van der Waals surface area contributed by atoms with Crippen LogP contribution in [0.1, 0.15) is 40.2 Å². The summed E-state index contributed by atoms with van der Waals surface area (Å²) in [6.45, 7) is 1.40. The van der Waals surface area contributed by atoms with Gasteiger partial charge in [0, 0.05) is 24.7 Å². The molecule has 0 bridgehead atoms. The highest BCUT2D eigenvalue weighted by Gasteiger charge is 2.25. The first-order chi connectivity index (χ1) is 13.6. The van der Waals surface area contributed by atoms with Crippen molar-refractivity contribution in [2.45, 2.75) is 25.2 Å². The standard InChI is InChI=1S/C23H22N2O3/c26-22(27)15-16-4-3-5-18(14-16)17-9-12-25(13-10-17)23(28)20-8-11-24-21-7-2-1-6-19(20)21/h1-8,11,14,17H,9-10,12-13,15H2,(H,26,27). The second-order valence-corrected chi connectivity index (χ2v) is 7.26. The van der Waals surface area contributed by atoms with Crippen molar-refractivity contribution in [2.24, 2.45) is 0 Å². The van der Waals surface area contributed by atoms with Gasteiger partial charge in [-0.1, -0.05) is 42.5 Å². The second-order valence-electron chi connectivity index (χ2n) is 7.26. The third kappa shape index (κ3) is 3.74. The van der Waals surface area contributed by atoms with E-state index in [1.54, 1.807) is 12.3 Å². The highest BCUT2D eigenvalue weighted by molar-refractivity contribution is 6.06. The molecule has 28 heavy (non-hydrogen) atoms. The van der Waals surface area contributed by atoms with Crippen LogP contribution in [0, 0.1) is 0 Å². The number of benzene rings is 2. The van der Waals surface area contributed by atoms with Crippen molar-refractivity contribution in [3.05, 3.63) is 77.5 Å². The number of carbonyl (C=O) groups is 2. The first kappa shape index (κ1) is 18.2.